The summed E-state index contributed by atoms with van der Waals surface area (Å²) in [5, 5.41) is 0.165. The van der Waals surface area contributed by atoms with Gasteiger partial charge in [-0.05, 0) is 25.0 Å². The summed E-state index contributed by atoms with van der Waals surface area (Å²) in [6, 6.07) is 3.24. The number of H-pyrrole nitrogens is 1. The van der Waals surface area contributed by atoms with Gasteiger partial charge in [0.1, 0.15) is 9.71 Å². The third kappa shape index (κ3) is 2.90. The Labute approximate surface area is 160 Å². The van der Waals surface area contributed by atoms with Crippen molar-refractivity contribution in [1.82, 2.24) is 9.55 Å². The highest BCUT2D eigenvalue weighted by Gasteiger charge is 2.25. The molecule has 10 heteroatoms. The number of nitrogens with two attached hydrogens (primary N) is 1. The van der Waals surface area contributed by atoms with Crippen molar-refractivity contribution in [1.29, 1.82) is 0 Å². The van der Waals surface area contributed by atoms with Crippen molar-refractivity contribution in [3.8, 4) is 0 Å². The molecule has 1 aliphatic rings. The number of nitrogens with zero attached hydrogens (tertiary/aromatic N) is 1. The summed E-state index contributed by atoms with van der Waals surface area (Å²) in [6.45, 7) is 0.964. The zero-order valence-electron chi connectivity index (χ0n) is 13.4. The maximum atomic E-state index is 12.8. The zero-order valence-corrected chi connectivity index (χ0v) is 15.8. The normalized spacial score (nSPS) is 17.2. The van der Waals surface area contributed by atoms with Crippen LogP contribution < -0.4 is 17.0 Å². The highest BCUT2D eigenvalue weighted by molar-refractivity contribution is 7.23. The molecule has 7 nitrogen and oxygen atoms in total. The summed E-state index contributed by atoms with van der Waals surface area (Å²) in [5.41, 5.74) is 5.07. The number of nitrogens with one attached hydrogen (secondary N) is 1. The number of aromatic amines is 1. The Morgan fingerprint density at radius 1 is 1.38 bits per heavy atom. The molecule has 0 aromatic carbocycles. The summed E-state index contributed by atoms with van der Waals surface area (Å²) in [7, 11) is 0. The third-order valence-corrected chi connectivity index (χ3v) is 6.74. The molecule has 0 bridgehead atoms. The Balaban J connectivity index is 1.87. The van der Waals surface area contributed by atoms with E-state index in [4.69, 9.17) is 22.1 Å². The second-order valence-corrected chi connectivity index (χ2v) is 8.68. The third-order valence-electron chi connectivity index (χ3n) is 4.28. The minimum absolute atomic E-state index is 0.0851. The van der Waals surface area contributed by atoms with Crippen LogP contribution in [-0.4, -0.2) is 28.0 Å². The van der Waals surface area contributed by atoms with Gasteiger partial charge in [0.05, 0.1) is 32.9 Å². The molecule has 1 fully saturated rings. The molecule has 3 aromatic rings. The number of aromatic nitrogens is 2. The number of hydrogen-bond acceptors (Lipinski definition) is 7. The average Bonchev–Trinajstić information content (AvgIpc) is 3.31. The van der Waals surface area contributed by atoms with Gasteiger partial charge in [-0.3, -0.25) is 19.1 Å². The predicted molar refractivity (Wildman–Crippen MR) is 103 cm³/mol. The highest BCUT2D eigenvalue weighted by atomic mass is 35.5. The van der Waals surface area contributed by atoms with E-state index in [1.807, 2.05) is 0 Å². The van der Waals surface area contributed by atoms with Gasteiger partial charge in [0.2, 0.25) is 5.78 Å². The number of anilines is 1. The van der Waals surface area contributed by atoms with E-state index in [-0.39, 0.29) is 27.8 Å². The quantitative estimate of drug-likeness (QED) is 0.641. The molecule has 26 heavy (non-hydrogen) atoms. The zero-order chi connectivity index (χ0) is 18.4. The molecule has 0 radical (unpaired) electrons. The number of ketones is 1. The monoisotopic (exact) mass is 411 g/mol. The molecule has 3 N–H and O–H groups in total. The number of halogens is 1. The number of thiophene rings is 2. The van der Waals surface area contributed by atoms with Crippen LogP contribution in [0.4, 0.5) is 5.69 Å². The largest absolute Gasteiger partial charge is 0.397 e. The van der Waals surface area contributed by atoms with Gasteiger partial charge in [0.15, 0.2) is 0 Å². The number of ether oxygens (including phenoxy) is 1. The van der Waals surface area contributed by atoms with E-state index < -0.39 is 11.2 Å². The molecule has 0 aliphatic carbocycles. The summed E-state index contributed by atoms with van der Waals surface area (Å²) >= 11 is 8.09. The van der Waals surface area contributed by atoms with Gasteiger partial charge in [-0.1, -0.05) is 11.6 Å². The molecular weight excluding hydrogens is 398 g/mol. The topological polar surface area (TPSA) is 107 Å². The molecule has 136 valence electrons. The number of rotatable bonds is 4. The minimum atomic E-state index is -0.592. The first kappa shape index (κ1) is 17.5. The molecule has 1 saturated heterocycles. The SMILES string of the molecule is Nc1c(C(=O)c2ccc(Cl)s2)sc2c1c(=O)[nH]c(=O)n2C[C@@H]1CCCO1. The van der Waals surface area contributed by atoms with E-state index in [9.17, 15) is 14.4 Å². The van der Waals surface area contributed by atoms with Crippen molar-refractivity contribution in [2.24, 2.45) is 0 Å². The molecule has 0 unspecified atom stereocenters. The lowest BCUT2D eigenvalue weighted by atomic mass is 10.2. The lowest BCUT2D eigenvalue weighted by Gasteiger charge is -2.12. The van der Waals surface area contributed by atoms with Crippen LogP contribution in [0, 0.1) is 0 Å². The number of hydrogen-bond donors (Lipinski definition) is 2. The fourth-order valence-electron chi connectivity index (χ4n) is 3.03. The van der Waals surface area contributed by atoms with Crippen LogP contribution in [0.15, 0.2) is 21.7 Å². The number of nitrogen functional groups attached to an aromatic ring is 1. The smallest absolute Gasteiger partial charge is 0.329 e. The van der Waals surface area contributed by atoms with Crippen LogP contribution in [-0.2, 0) is 11.3 Å². The van der Waals surface area contributed by atoms with Crippen molar-refractivity contribution in [3.63, 3.8) is 0 Å². The van der Waals surface area contributed by atoms with Crippen molar-refractivity contribution in [2.45, 2.75) is 25.5 Å². The molecule has 4 heterocycles. The fourth-order valence-corrected chi connectivity index (χ4v) is 5.27. The molecule has 4 rings (SSSR count). The van der Waals surface area contributed by atoms with Crippen molar-refractivity contribution in [3.05, 3.63) is 47.1 Å². The van der Waals surface area contributed by atoms with Crippen LogP contribution in [0.3, 0.4) is 0 Å². The van der Waals surface area contributed by atoms with E-state index in [2.05, 4.69) is 4.98 Å². The molecule has 0 amide bonds. The maximum Gasteiger partial charge on any atom is 0.329 e. The van der Waals surface area contributed by atoms with E-state index in [0.29, 0.717) is 27.2 Å². The fraction of sp³-hybridized carbons (Fsp3) is 0.312. The molecule has 3 aromatic heterocycles. The number of carbonyl (C=O) groups is 1. The highest BCUT2D eigenvalue weighted by Crippen LogP contribution is 2.34. The van der Waals surface area contributed by atoms with Gasteiger partial charge < -0.3 is 10.5 Å². The number of fused-ring (bicyclic) bond motifs is 1. The molecule has 0 spiro atoms. The van der Waals surface area contributed by atoms with Crippen LogP contribution in [0.2, 0.25) is 4.34 Å². The van der Waals surface area contributed by atoms with Gasteiger partial charge in [0, 0.05) is 6.61 Å². The van der Waals surface area contributed by atoms with Gasteiger partial charge in [0.25, 0.3) is 5.56 Å². The lowest BCUT2D eigenvalue weighted by Crippen LogP contribution is -2.33. The van der Waals surface area contributed by atoms with E-state index in [1.54, 1.807) is 12.1 Å². The Morgan fingerprint density at radius 2 is 2.19 bits per heavy atom. The van der Waals surface area contributed by atoms with Crippen LogP contribution in [0.1, 0.15) is 27.4 Å². The Morgan fingerprint density at radius 3 is 2.85 bits per heavy atom. The Bertz CT molecular complexity index is 1120. The van der Waals surface area contributed by atoms with Crippen LogP contribution in [0.25, 0.3) is 10.2 Å². The maximum absolute atomic E-state index is 12.8. The second kappa shape index (κ2) is 6.66. The first-order valence-electron chi connectivity index (χ1n) is 7.92. The molecule has 1 aliphatic heterocycles. The summed E-state index contributed by atoms with van der Waals surface area (Å²) in [4.78, 5) is 40.7. The van der Waals surface area contributed by atoms with Crippen molar-refractivity contribution >= 4 is 56.0 Å². The Hall–Kier alpha value is -1.94. The van der Waals surface area contributed by atoms with Crippen molar-refractivity contribution < 1.29 is 9.53 Å². The first-order chi connectivity index (χ1) is 12.5. The standard InChI is InChI=1S/C16H14ClN3O4S2/c17-9-4-3-8(25-9)12(21)13-11(18)10-14(22)19-16(23)20(15(10)26-13)6-7-2-1-5-24-7/h3-4,7H,1-2,5-6,18H2,(H,19,22,23)/t7-/m0/s1. The van der Waals surface area contributed by atoms with Crippen LogP contribution >= 0.6 is 34.3 Å². The molecule has 0 saturated carbocycles. The van der Waals surface area contributed by atoms with E-state index in [0.717, 1.165) is 35.5 Å². The summed E-state index contributed by atoms with van der Waals surface area (Å²) in [5.74, 6) is -0.309. The first-order valence-corrected chi connectivity index (χ1v) is 9.93. The lowest BCUT2D eigenvalue weighted by molar-refractivity contribution is 0.0970. The average molecular weight is 412 g/mol. The van der Waals surface area contributed by atoms with Gasteiger partial charge in [-0.25, -0.2) is 4.79 Å². The van der Waals surface area contributed by atoms with Crippen LogP contribution in [0.5, 0.6) is 0 Å². The van der Waals surface area contributed by atoms with E-state index in [1.165, 1.54) is 4.57 Å². The molecular formula is C16H14ClN3O4S2. The van der Waals surface area contributed by atoms with Gasteiger partial charge >= 0.3 is 5.69 Å². The predicted octanol–water partition coefficient (Wildman–Crippen LogP) is 2.46. The molecule has 1 atom stereocenters. The second-order valence-electron chi connectivity index (χ2n) is 5.96. The van der Waals surface area contributed by atoms with E-state index >= 15 is 0 Å². The summed E-state index contributed by atoms with van der Waals surface area (Å²) < 4.78 is 7.51. The summed E-state index contributed by atoms with van der Waals surface area (Å²) in [6.07, 6.45) is 1.68. The number of carbonyl (C=O) groups excluding carboxylic acids is 1. The van der Waals surface area contributed by atoms with Gasteiger partial charge in [-0.15, -0.1) is 22.7 Å². The Kier molecular flexibility index (Phi) is 4.47. The van der Waals surface area contributed by atoms with Gasteiger partial charge in [-0.2, -0.15) is 0 Å². The van der Waals surface area contributed by atoms with Crippen molar-refractivity contribution in [2.75, 3.05) is 12.3 Å². The minimum Gasteiger partial charge on any atom is -0.397 e.